The quantitative estimate of drug-likeness (QED) is 0.238. The molecule has 7 aromatic rings. The SMILES string of the molecule is CC1(C)c2ccccc2-c2cc3c(cc21)c1ccccc1n3-c1cc2ccccc2c(-c2ccccc2)n1. The second kappa shape index (κ2) is 7.66. The predicted octanol–water partition coefficient (Wildman–Crippen LogP) is 9.31. The van der Waals surface area contributed by atoms with E-state index in [0.29, 0.717) is 0 Å². The maximum atomic E-state index is 5.34. The molecule has 8 rings (SSSR count). The van der Waals surface area contributed by atoms with Gasteiger partial charge in [0.15, 0.2) is 0 Å². The fourth-order valence-electron chi connectivity index (χ4n) is 6.53. The zero-order chi connectivity index (χ0) is 25.4. The average Bonchev–Trinajstić information content (AvgIpc) is 3.40. The summed E-state index contributed by atoms with van der Waals surface area (Å²) in [4.78, 5) is 5.34. The van der Waals surface area contributed by atoms with Crippen molar-refractivity contribution in [2.75, 3.05) is 0 Å². The first-order valence-corrected chi connectivity index (χ1v) is 13.2. The molecule has 2 aromatic heterocycles. The summed E-state index contributed by atoms with van der Waals surface area (Å²) >= 11 is 0. The molecule has 0 radical (unpaired) electrons. The van der Waals surface area contributed by atoms with E-state index >= 15 is 0 Å². The molecular formula is C36H26N2. The zero-order valence-electron chi connectivity index (χ0n) is 21.4. The van der Waals surface area contributed by atoms with Gasteiger partial charge in [-0.1, -0.05) is 111 Å². The summed E-state index contributed by atoms with van der Waals surface area (Å²) in [6, 6.07) is 43.8. The summed E-state index contributed by atoms with van der Waals surface area (Å²) in [5.41, 5.74) is 9.93. The van der Waals surface area contributed by atoms with Crippen LogP contribution in [0.2, 0.25) is 0 Å². The molecule has 0 bridgehead atoms. The van der Waals surface area contributed by atoms with Crippen molar-refractivity contribution in [3.8, 4) is 28.2 Å². The van der Waals surface area contributed by atoms with Crippen LogP contribution in [0.25, 0.3) is 60.8 Å². The number of fused-ring (bicyclic) bond motifs is 7. The molecule has 0 atom stereocenters. The Kier molecular flexibility index (Phi) is 4.31. The molecule has 0 spiro atoms. The third kappa shape index (κ3) is 2.86. The van der Waals surface area contributed by atoms with Crippen molar-refractivity contribution in [2.45, 2.75) is 19.3 Å². The van der Waals surface area contributed by atoms with E-state index in [-0.39, 0.29) is 5.41 Å². The smallest absolute Gasteiger partial charge is 0.138 e. The van der Waals surface area contributed by atoms with Crippen molar-refractivity contribution in [1.29, 1.82) is 0 Å². The number of hydrogen-bond donors (Lipinski definition) is 0. The van der Waals surface area contributed by atoms with Crippen LogP contribution < -0.4 is 0 Å². The molecular weight excluding hydrogens is 460 g/mol. The minimum atomic E-state index is -0.0367. The standard InChI is InChI=1S/C36H26N2/c1-36(2)30-18-10-8-16-26(30)28-22-33-29(21-31(28)36)27-17-9-11-19-32(27)38(33)34-20-24-14-6-7-15-25(24)35(37-34)23-12-4-3-5-13-23/h3-22H,1-2H3. The monoisotopic (exact) mass is 486 g/mol. The Hall–Kier alpha value is -4.69. The highest BCUT2D eigenvalue weighted by Gasteiger charge is 2.36. The first kappa shape index (κ1) is 21.4. The van der Waals surface area contributed by atoms with Gasteiger partial charge in [0.2, 0.25) is 0 Å². The highest BCUT2D eigenvalue weighted by atomic mass is 15.1. The fraction of sp³-hybridized carbons (Fsp3) is 0.0833. The van der Waals surface area contributed by atoms with Crippen LogP contribution in [-0.4, -0.2) is 9.55 Å². The van der Waals surface area contributed by atoms with Crippen LogP contribution >= 0.6 is 0 Å². The summed E-state index contributed by atoms with van der Waals surface area (Å²) in [7, 11) is 0. The minimum Gasteiger partial charge on any atom is -0.294 e. The fourth-order valence-corrected chi connectivity index (χ4v) is 6.53. The van der Waals surface area contributed by atoms with Crippen molar-refractivity contribution in [2.24, 2.45) is 0 Å². The Bertz CT molecular complexity index is 2040. The van der Waals surface area contributed by atoms with E-state index in [1.165, 1.54) is 54.8 Å². The molecule has 2 heterocycles. The number of hydrogen-bond acceptors (Lipinski definition) is 1. The number of benzene rings is 5. The molecule has 5 aromatic carbocycles. The van der Waals surface area contributed by atoms with E-state index < -0.39 is 0 Å². The third-order valence-corrected chi connectivity index (χ3v) is 8.38. The Morgan fingerprint density at radius 3 is 2.13 bits per heavy atom. The molecule has 1 aliphatic rings. The molecule has 0 amide bonds. The largest absolute Gasteiger partial charge is 0.294 e. The molecule has 0 saturated heterocycles. The molecule has 0 fully saturated rings. The van der Waals surface area contributed by atoms with Gasteiger partial charge in [-0.2, -0.15) is 0 Å². The maximum Gasteiger partial charge on any atom is 0.138 e. The van der Waals surface area contributed by atoms with Gasteiger partial charge in [-0.3, -0.25) is 4.57 Å². The van der Waals surface area contributed by atoms with Crippen LogP contribution in [-0.2, 0) is 5.41 Å². The average molecular weight is 487 g/mol. The molecule has 0 saturated carbocycles. The van der Waals surface area contributed by atoms with Gasteiger partial charge in [0.1, 0.15) is 5.82 Å². The maximum absolute atomic E-state index is 5.34. The summed E-state index contributed by atoms with van der Waals surface area (Å²) in [5, 5.41) is 4.89. The molecule has 180 valence electrons. The number of nitrogens with zero attached hydrogens (tertiary/aromatic N) is 2. The lowest BCUT2D eigenvalue weighted by Crippen LogP contribution is -2.14. The predicted molar refractivity (Wildman–Crippen MR) is 159 cm³/mol. The van der Waals surface area contributed by atoms with Gasteiger partial charge < -0.3 is 0 Å². The number of rotatable bonds is 2. The van der Waals surface area contributed by atoms with Gasteiger partial charge in [0.05, 0.1) is 16.7 Å². The number of pyridine rings is 1. The normalized spacial score (nSPS) is 13.7. The van der Waals surface area contributed by atoms with Gasteiger partial charge in [-0.25, -0.2) is 4.98 Å². The topological polar surface area (TPSA) is 17.8 Å². The number of para-hydroxylation sites is 1. The van der Waals surface area contributed by atoms with Crippen molar-refractivity contribution < 1.29 is 0 Å². The molecule has 2 heteroatoms. The lowest BCUT2D eigenvalue weighted by Gasteiger charge is -2.21. The number of aromatic nitrogens is 2. The lowest BCUT2D eigenvalue weighted by atomic mass is 9.82. The van der Waals surface area contributed by atoms with E-state index in [9.17, 15) is 0 Å². The van der Waals surface area contributed by atoms with Gasteiger partial charge in [-0.05, 0) is 51.9 Å². The van der Waals surface area contributed by atoms with Gasteiger partial charge in [-0.15, -0.1) is 0 Å². The summed E-state index contributed by atoms with van der Waals surface area (Å²) in [6.07, 6.45) is 0. The van der Waals surface area contributed by atoms with E-state index in [1.807, 2.05) is 0 Å². The Morgan fingerprint density at radius 2 is 1.26 bits per heavy atom. The van der Waals surface area contributed by atoms with Crippen LogP contribution in [0, 0.1) is 0 Å². The molecule has 0 aliphatic heterocycles. The van der Waals surface area contributed by atoms with E-state index in [4.69, 9.17) is 4.98 Å². The molecule has 1 aliphatic carbocycles. The summed E-state index contributed by atoms with van der Waals surface area (Å²) < 4.78 is 2.36. The van der Waals surface area contributed by atoms with Crippen molar-refractivity contribution in [3.05, 3.63) is 132 Å². The van der Waals surface area contributed by atoms with Crippen molar-refractivity contribution >= 4 is 32.6 Å². The Balaban J connectivity index is 1.50. The third-order valence-electron chi connectivity index (χ3n) is 8.38. The van der Waals surface area contributed by atoms with Crippen molar-refractivity contribution in [3.63, 3.8) is 0 Å². The van der Waals surface area contributed by atoms with Crippen LogP contribution in [0.1, 0.15) is 25.0 Å². The van der Waals surface area contributed by atoms with Gasteiger partial charge >= 0.3 is 0 Å². The van der Waals surface area contributed by atoms with E-state index in [0.717, 1.165) is 17.1 Å². The second-order valence-corrected chi connectivity index (χ2v) is 10.9. The first-order valence-electron chi connectivity index (χ1n) is 13.2. The highest BCUT2D eigenvalue weighted by molar-refractivity contribution is 6.11. The van der Waals surface area contributed by atoms with Crippen LogP contribution in [0.3, 0.4) is 0 Å². The zero-order valence-corrected chi connectivity index (χ0v) is 21.4. The molecule has 38 heavy (non-hydrogen) atoms. The van der Waals surface area contributed by atoms with Crippen LogP contribution in [0.5, 0.6) is 0 Å². The minimum absolute atomic E-state index is 0.0367. The first-order chi connectivity index (χ1) is 18.6. The van der Waals surface area contributed by atoms with Gasteiger partial charge in [0.25, 0.3) is 0 Å². The van der Waals surface area contributed by atoms with Gasteiger partial charge in [0, 0.05) is 27.1 Å². The Morgan fingerprint density at radius 1 is 0.553 bits per heavy atom. The van der Waals surface area contributed by atoms with E-state index in [2.05, 4.69) is 140 Å². The van der Waals surface area contributed by atoms with Crippen molar-refractivity contribution in [1.82, 2.24) is 9.55 Å². The molecule has 0 N–H and O–H groups in total. The molecule has 0 unspecified atom stereocenters. The van der Waals surface area contributed by atoms with Crippen LogP contribution in [0.15, 0.2) is 121 Å². The van der Waals surface area contributed by atoms with Crippen LogP contribution in [0.4, 0.5) is 0 Å². The highest BCUT2D eigenvalue weighted by Crippen LogP contribution is 2.51. The lowest BCUT2D eigenvalue weighted by molar-refractivity contribution is 0.661. The van der Waals surface area contributed by atoms with E-state index in [1.54, 1.807) is 0 Å². The second-order valence-electron chi connectivity index (χ2n) is 10.9. The summed E-state index contributed by atoms with van der Waals surface area (Å²) in [5.74, 6) is 0.944. The Labute approximate surface area is 221 Å². The molecule has 2 nitrogen and oxygen atoms in total. The summed E-state index contributed by atoms with van der Waals surface area (Å²) in [6.45, 7) is 4.69.